The van der Waals surface area contributed by atoms with E-state index in [4.69, 9.17) is 16.3 Å². The maximum atomic E-state index is 12.7. The van der Waals surface area contributed by atoms with Gasteiger partial charge in [-0.2, -0.15) is 21.6 Å². The van der Waals surface area contributed by atoms with Gasteiger partial charge >= 0.3 is 12.1 Å². The largest absolute Gasteiger partial charge is 0.468 e. The van der Waals surface area contributed by atoms with Gasteiger partial charge in [0.15, 0.2) is 5.25 Å². The number of halogens is 4. The van der Waals surface area contributed by atoms with Crippen molar-refractivity contribution >= 4 is 33.4 Å². The van der Waals surface area contributed by atoms with Crippen LogP contribution in [0.3, 0.4) is 0 Å². The molecular formula is C17H13ClF3NO8S. The summed E-state index contributed by atoms with van der Waals surface area (Å²) in [6.45, 7) is 0. The highest BCUT2D eigenvalue weighted by molar-refractivity contribution is 7.87. The average Bonchev–Trinajstić information content (AvgIpc) is 2.65. The molecule has 1 atom stereocenters. The molecule has 0 aliphatic rings. The van der Waals surface area contributed by atoms with E-state index in [0.29, 0.717) is 12.1 Å². The first-order valence-corrected chi connectivity index (χ1v) is 9.98. The topological polar surface area (TPSA) is 133 Å². The molecule has 1 N–H and O–H groups in total. The Kier molecular flexibility index (Phi) is 7.14. The number of benzene rings is 2. The Labute approximate surface area is 178 Å². The number of carbonyl (C=O) groups is 1. The lowest BCUT2D eigenvalue weighted by molar-refractivity contribution is -0.385. The van der Waals surface area contributed by atoms with Crippen LogP contribution in [0.4, 0.5) is 18.9 Å². The van der Waals surface area contributed by atoms with Gasteiger partial charge in [-0.1, -0.05) is 11.6 Å². The number of nitro benzene ring substituents is 1. The van der Waals surface area contributed by atoms with Gasteiger partial charge in [-0.15, -0.1) is 0 Å². The molecule has 0 amide bonds. The van der Waals surface area contributed by atoms with Crippen LogP contribution in [0.5, 0.6) is 11.5 Å². The van der Waals surface area contributed by atoms with Crippen molar-refractivity contribution in [1.82, 2.24) is 0 Å². The van der Waals surface area contributed by atoms with E-state index < -0.39 is 55.1 Å². The zero-order valence-electron chi connectivity index (χ0n) is 15.4. The molecule has 2 rings (SSSR count). The van der Waals surface area contributed by atoms with Gasteiger partial charge in [-0.3, -0.25) is 19.5 Å². The Bertz CT molecular complexity index is 1120. The van der Waals surface area contributed by atoms with E-state index in [0.717, 1.165) is 31.4 Å². The number of hydrogen-bond acceptors (Lipinski definition) is 7. The Morgan fingerprint density at radius 3 is 2.39 bits per heavy atom. The van der Waals surface area contributed by atoms with Gasteiger partial charge < -0.3 is 9.47 Å². The smallest absolute Gasteiger partial charge is 0.416 e. The van der Waals surface area contributed by atoms with Crippen LogP contribution < -0.4 is 4.74 Å². The van der Waals surface area contributed by atoms with Gasteiger partial charge in [0.25, 0.3) is 15.8 Å². The lowest BCUT2D eigenvalue weighted by atomic mass is 10.1. The molecule has 1 unspecified atom stereocenters. The summed E-state index contributed by atoms with van der Waals surface area (Å²) in [5, 5.41) is 8.70. The van der Waals surface area contributed by atoms with E-state index in [1.54, 1.807) is 0 Å². The third-order valence-corrected chi connectivity index (χ3v) is 5.34. The summed E-state index contributed by atoms with van der Waals surface area (Å²) in [7, 11) is -4.12. The number of rotatable bonds is 7. The Balaban J connectivity index is 2.44. The highest BCUT2D eigenvalue weighted by Crippen LogP contribution is 2.37. The van der Waals surface area contributed by atoms with Crippen LogP contribution >= 0.6 is 11.6 Å². The van der Waals surface area contributed by atoms with Gasteiger partial charge in [0.1, 0.15) is 11.5 Å². The number of nitro groups is 1. The number of alkyl halides is 3. The third-order valence-electron chi connectivity index (χ3n) is 3.96. The lowest BCUT2D eigenvalue weighted by Gasteiger charge is -2.14. The first kappa shape index (κ1) is 24.4. The molecule has 2 aromatic carbocycles. The van der Waals surface area contributed by atoms with Crippen molar-refractivity contribution in [1.29, 1.82) is 0 Å². The number of hydrogen-bond donors (Lipinski definition) is 1. The fourth-order valence-corrected chi connectivity index (χ4v) is 3.44. The van der Waals surface area contributed by atoms with E-state index in [1.165, 1.54) is 0 Å². The van der Waals surface area contributed by atoms with Crippen molar-refractivity contribution < 1.29 is 45.3 Å². The standard InChI is InChI=1S/C17H13ClF3NO8S/c1-29-16(23)15(31(26,27)28)7-9-6-11(3-4-13(9)22(24)25)30-14-5-2-10(8-12(14)18)17(19,20)21/h2-6,8,15H,7H2,1H3,(H,26,27,28). The zero-order valence-corrected chi connectivity index (χ0v) is 17.0. The van der Waals surface area contributed by atoms with Gasteiger partial charge in [0.2, 0.25) is 0 Å². The average molecular weight is 484 g/mol. The summed E-state index contributed by atoms with van der Waals surface area (Å²) in [6, 6.07) is 5.28. The molecule has 0 aromatic heterocycles. The lowest BCUT2D eigenvalue weighted by Crippen LogP contribution is -2.33. The van der Waals surface area contributed by atoms with Crippen LogP contribution in [0.25, 0.3) is 0 Å². The van der Waals surface area contributed by atoms with Crippen molar-refractivity contribution in [2.45, 2.75) is 17.8 Å². The SMILES string of the molecule is COC(=O)C(Cc1cc(Oc2ccc(C(F)(F)F)cc2Cl)ccc1[N+](=O)[O-])S(=O)(=O)O. The number of carbonyl (C=O) groups excluding carboxylic acids is 1. The summed E-state index contributed by atoms with van der Waals surface area (Å²) in [5.41, 5.74) is -1.94. The summed E-state index contributed by atoms with van der Waals surface area (Å²) < 4.78 is 80.1. The molecule has 0 heterocycles. The van der Waals surface area contributed by atoms with Crippen LogP contribution in [0.1, 0.15) is 11.1 Å². The molecule has 0 aliphatic heterocycles. The Morgan fingerprint density at radius 2 is 1.90 bits per heavy atom. The van der Waals surface area contributed by atoms with Gasteiger partial charge in [0.05, 0.1) is 22.6 Å². The van der Waals surface area contributed by atoms with Crippen molar-refractivity contribution in [3.05, 3.63) is 62.7 Å². The number of methoxy groups -OCH3 is 1. The number of esters is 1. The van der Waals surface area contributed by atoms with Crippen LogP contribution in [0.2, 0.25) is 5.02 Å². The molecule has 0 spiro atoms. The summed E-state index contributed by atoms with van der Waals surface area (Å²) >= 11 is 5.80. The predicted octanol–water partition coefficient (Wildman–Crippen LogP) is 4.03. The van der Waals surface area contributed by atoms with Crippen molar-refractivity contribution in [3.63, 3.8) is 0 Å². The van der Waals surface area contributed by atoms with E-state index in [-0.39, 0.29) is 17.1 Å². The van der Waals surface area contributed by atoms with E-state index in [1.807, 2.05) is 0 Å². The molecule has 31 heavy (non-hydrogen) atoms. The highest BCUT2D eigenvalue weighted by Gasteiger charge is 2.35. The molecule has 14 heteroatoms. The van der Waals surface area contributed by atoms with E-state index in [9.17, 15) is 41.1 Å². The van der Waals surface area contributed by atoms with Crippen LogP contribution in [-0.4, -0.2) is 36.2 Å². The second kappa shape index (κ2) is 9.08. The maximum absolute atomic E-state index is 12.7. The molecule has 0 radical (unpaired) electrons. The minimum absolute atomic E-state index is 0.152. The van der Waals surface area contributed by atoms with Crippen LogP contribution in [0.15, 0.2) is 36.4 Å². The molecule has 0 aliphatic carbocycles. The van der Waals surface area contributed by atoms with Gasteiger partial charge in [0, 0.05) is 18.1 Å². The molecule has 0 saturated heterocycles. The minimum Gasteiger partial charge on any atom is -0.468 e. The van der Waals surface area contributed by atoms with Crippen LogP contribution in [-0.2, 0) is 32.2 Å². The molecule has 0 bridgehead atoms. The van der Waals surface area contributed by atoms with E-state index >= 15 is 0 Å². The second-order valence-corrected chi connectivity index (χ2v) is 8.03. The van der Waals surface area contributed by atoms with Crippen molar-refractivity contribution in [2.24, 2.45) is 0 Å². The quantitative estimate of drug-likeness (QED) is 0.270. The van der Waals surface area contributed by atoms with Crippen molar-refractivity contribution in [3.8, 4) is 11.5 Å². The minimum atomic E-state index is -4.98. The van der Waals surface area contributed by atoms with Gasteiger partial charge in [-0.25, -0.2) is 0 Å². The van der Waals surface area contributed by atoms with E-state index in [2.05, 4.69) is 4.74 Å². The molecule has 2 aromatic rings. The Morgan fingerprint density at radius 1 is 1.26 bits per heavy atom. The number of nitrogens with zero attached hydrogens (tertiary/aromatic N) is 1. The molecule has 9 nitrogen and oxygen atoms in total. The molecule has 168 valence electrons. The molecule has 0 saturated carbocycles. The molecular weight excluding hydrogens is 471 g/mol. The monoisotopic (exact) mass is 483 g/mol. The van der Waals surface area contributed by atoms with Gasteiger partial charge in [-0.05, 0) is 30.3 Å². The third kappa shape index (κ3) is 6.06. The Hall–Kier alpha value is -2.90. The summed E-state index contributed by atoms with van der Waals surface area (Å²) in [5.74, 6) is -1.72. The first-order chi connectivity index (χ1) is 14.2. The predicted molar refractivity (Wildman–Crippen MR) is 101 cm³/mol. The molecule has 0 fully saturated rings. The zero-order chi connectivity index (χ0) is 23.6. The van der Waals surface area contributed by atoms with Crippen LogP contribution in [0, 0.1) is 10.1 Å². The van der Waals surface area contributed by atoms with Crippen molar-refractivity contribution in [2.75, 3.05) is 7.11 Å². The fraction of sp³-hybridized carbons (Fsp3) is 0.235. The second-order valence-electron chi connectivity index (χ2n) is 6.02. The normalized spacial score (nSPS) is 12.8. The number of ether oxygens (including phenoxy) is 2. The maximum Gasteiger partial charge on any atom is 0.416 e. The summed E-state index contributed by atoms with van der Waals surface area (Å²) in [6.07, 6.45) is -5.47. The fourth-order valence-electron chi connectivity index (χ4n) is 2.50. The highest BCUT2D eigenvalue weighted by atomic mass is 35.5. The summed E-state index contributed by atoms with van der Waals surface area (Å²) in [4.78, 5) is 22.1. The first-order valence-electron chi connectivity index (χ1n) is 8.10.